The fraction of sp³-hybridized carbons (Fsp3) is 1.00. The summed E-state index contributed by atoms with van der Waals surface area (Å²) in [5, 5.41) is 0. The van der Waals surface area contributed by atoms with E-state index in [1.54, 1.807) is 0 Å². The Morgan fingerprint density at radius 1 is 1.33 bits per heavy atom. The van der Waals surface area contributed by atoms with Crippen LogP contribution < -0.4 is 0 Å². The molecule has 0 bridgehead atoms. The molecule has 0 aliphatic rings. The van der Waals surface area contributed by atoms with Crippen LogP contribution in [0.4, 0.5) is 0 Å². The molecule has 0 aromatic heterocycles. The second-order valence-electron chi connectivity index (χ2n) is 1.22. The first-order chi connectivity index (χ1) is 4.15. The molecule has 0 spiro atoms. The maximum atomic E-state index is 4.94. The fourth-order valence-electron chi connectivity index (χ4n) is 0.158. The Balaban J connectivity index is 0. The van der Waals surface area contributed by atoms with Crippen molar-refractivity contribution < 1.29 is 13.0 Å². The van der Waals surface area contributed by atoms with Gasteiger partial charge in [0.1, 0.15) is 0 Å². The van der Waals surface area contributed by atoms with Crippen molar-refractivity contribution >= 4 is 41.7 Å². The molecular formula is C4H10Cl3RhS. The summed E-state index contributed by atoms with van der Waals surface area (Å²) in [6.07, 6.45) is 2.52. The minimum atomic E-state index is -1.66. The molecule has 0 heterocycles. The predicted octanol–water partition coefficient (Wildman–Crippen LogP) is 3.78. The third kappa shape index (κ3) is 41.0. The van der Waals surface area contributed by atoms with Crippen molar-refractivity contribution in [2.75, 3.05) is 5.75 Å². The van der Waals surface area contributed by atoms with E-state index in [4.69, 9.17) is 29.1 Å². The molecule has 5 heteroatoms. The molecule has 0 aromatic rings. The first kappa shape index (κ1) is 13.4. The van der Waals surface area contributed by atoms with Gasteiger partial charge in [-0.2, -0.15) is 12.6 Å². The van der Waals surface area contributed by atoms with Crippen molar-refractivity contribution in [1.29, 1.82) is 0 Å². The molecule has 0 aromatic carbocycles. The third-order valence-electron chi connectivity index (χ3n) is 0.512. The summed E-state index contributed by atoms with van der Waals surface area (Å²) in [6, 6.07) is 0. The van der Waals surface area contributed by atoms with Crippen molar-refractivity contribution in [3.8, 4) is 0 Å². The summed E-state index contributed by atoms with van der Waals surface area (Å²) in [4.78, 5) is 0. The zero-order valence-electron chi connectivity index (χ0n) is 5.04. The van der Waals surface area contributed by atoms with E-state index in [1.165, 1.54) is 12.8 Å². The van der Waals surface area contributed by atoms with Crippen LogP contribution in [0.3, 0.4) is 0 Å². The van der Waals surface area contributed by atoms with Gasteiger partial charge in [-0.15, -0.1) is 0 Å². The van der Waals surface area contributed by atoms with E-state index in [9.17, 15) is 0 Å². The van der Waals surface area contributed by atoms with E-state index in [1.807, 2.05) is 0 Å². The molecule has 9 heavy (non-hydrogen) atoms. The van der Waals surface area contributed by atoms with E-state index < -0.39 is 13.0 Å². The van der Waals surface area contributed by atoms with Gasteiger partial charge in [0.15, 0.2) is 0 Å². The second-order valence-corrected chi connectivity index (χ2v) is 9.13. The van der Waals surface area contributed by atoms with E-state index in [0.29, 0.717) is 0 Å². The maximum absolute atomic E-state index is 4.94. The zero-order chi connectivity index (χ0) is 7.70. The Morgan fingerprint density at radius 2 is 1.67 bits per heavy atom. The summed E-state index contributed by atoms with van der Waals surface area (Å²) < 4.78 is 0. The molecule has 0 amide bonds. The van der Waals surface area contributed by atoms with Crippen molar-refractivity contribution in [2.24, 2.45) is 0 Å². The van der Waals surface area contributed by atoms with Crippen molar-refractivity contribution in [3.05, 3.63) is 0 Å². The zero-order valence-corrected chi connectivity index (χ0v) is 9.84. The monoisotopic (exact) mass is 298 g/mol. The van der Waals surface area contributed by atoms with Crippen LogP contribution in [-0.4, -0.2) is 5.75 Å². The second kappa shape index (κ2) is 12.5. The van der Waals surface area contributed by atoms with Crippen LogP contribution in [0.25, 0.3) is 0 Å². The molecule has 0 nitrogen and oxygen atoms in total. The van der Waals surface area contributed by atoms with Crippen LogP contribution in [-0.2, 0) is 13.0 Å². The summed E-state index contributed by atoms with van der Waals surface area (Å²) >= 11 is 2.34. The van der Waals surface area contributed by atoms with Crippen LogP contribution in [0.15, 0.2) is 0 Å². The number of unbranched alkanes of at least 4 members (excludes halogenated alkanes) is 1. The number of halogens is 3. The molecule has 0 saturated carbocycles. The Labute approximate surface area is 79.7 Å². The molecular weight excluding hydrogens is 289 g/mol. The molecule has 0 radical (unpaired) electrons. The number of hydrogen-bond donors (Lipinski definition) is 1. The Bertz CT molecular complexity index is 40.0. The van der Waals surface area contributed by atoms with Crippen LogP contribution >= 0.6 is 41.7 Å². The minimum absolute atomic E-state index is 1.04. The van der Waals surface area contributed by atoms with Crippen LogP contribution in [0.1, 0.15) is 19.8 Å². The van der Waals surface area contributed by atoms with E-state index >= 15 is 0 Å². The van der Waals surface area contributed by atoms with Crippen molar-refractivity contribution in [2.45, 2.75) is 19.8 Å². The van der Waals surface area contributed by atoms with Crippen LogP contribution in [0.5, 0.6) is 0 Å². The van der Waals surface area contributed by atoms with Gasteiger partial charge in [0.05, 0.1) is 0 Å². The normalized spacial score (nSPS) is 9.67. The quantitative estimate of drug-likeness (QED) is 0.582. The van der Waals surface area contributed by atoms with Gasteiger partial charge in [-0.3, -0.25) is 0 Å². The molecule has 0 N–H and O–H groups in total. The average Bonchev–Trinajstić information content (AvgIpc) is 1.66. The van der Waals surface area contributed by atoms with Gasteiger partial charge >= 0.3 is 42.1 Å². The average molecular weight is 299 g/mol. The van der Waals surface area contributed by atoms with Gasteiger partial charge in [-0.1, -0.05) is 13.3 Å². The van der Waals surface area contributed by atoms with Gasteiger partial charge in [-0.25, -0.2) is 0 Å². The SMILES string of the molecule is CCCCS.[Cl][Rh]([Cl])[Cl]. The van der Waals surface area contributed by atoms with Crippen LogP contribution in [0, 0.1) is 0 Å². The van der Waals surface area contributed by atoms with Gasteiger partial charge in [0.25, 0.3) is 0 Å². The molecule has 62 valence electrons. The summed E-state index contributed by atoms with van der Waals surface area (Å²) in [6.45, 7) is 2.16. The number of rotatable bonds is 2. The Kier molecular flexibility index (Phi) is 18.7. The number of hydrogen-bond acceptors (Lipinski definition) is 1. The van der Waals surface area contributed by atoms with Gasteiger partial charge in [0.2, 0.25) is 0 Å². The predicted molar refractivity (Wildman–Crippen MR) is 46.3 cm³/mol. The first-order valence-electron chi connectivity index (χ1n) is 2.40. The molecule has 0 saturated heterocycles. The van der Waals surface area contributed by atoms with Gasteiger partial charge < -0.3 is 0 Å². The van der Waals surface area contributed by atoms with Gasteiger partial charge in [0, 0.05) is 0 Å². The summed E-state index contributed by atoms with van der Waals surface area (Å²) in [5.74, 6) is 1.04. The van der Waals surface area contributed by atoms with Crippen LogP contribution in [0.2, 0.25) is 0 Å². The Morgan fingerprint density at radius 3 is 1.67 bits per heavy atom. The molecule has 0 fully saturated rings. The molecule has 0 aliphatic carbocycles. The van der Waals surface area contributed by atoms with E-state index in [0.717, 1.165) is 5.75 Å². The molecule has 0 atom stereocenters. The van der Waals surface area contributed by atoms with Crippen molar-refractivity contribution in [1.82, 2.24) is 0 Å². The standard InChI is InChI=1S/C4H10S.3ClH.Rh/c1-2-3-4-5;;;;/h5H,2-4H2,1H3;3*1H;/q;;;;+3/p-3. The summed E-state index contributed by atoms with van der Waals surface area (Å²) in [7, 11) is 14.8. The van der Waals surface area contributed by atoms with E-state index in [-0.39, 0.29) is 0 Å². The van der Waals surface area contributed by atoms with E-state index in [2.05, 4.69) is 19.6 Å². The molecule has 0 unspecified atom stereocenters. The fourth-order valence-corrected chi connectivity index (χ4v) is 0.474. The first-order valence-corrected chi connectivity index (χ1v) is 9.36. The number of thiol groups is 1. The molecule has 0 aliphatic heterocycles. The van der Waals surface area contributed by atoms with Crippen molar-refractivity contribution in [3.63, 3.8) is 0 Å². The third-order valence-corrected chi connectivity index (χ3v) is 0.828. The Hall–Kier alpha value is 1.84. The van der Waals surface area contributed by atoms with Gasteiger partial charge in [-0.05, 0) is 12.2 Å². The summed E-state index contributed by atoms with van der Waals surface area (Å²) in [5.41, 5.74) is 0. The molecule has 0 rings (SSSR count). The topological polar surface area (TPSA) is 0 Å².